The third-order valence-corrected chi connectivity index (χ3v) is 8.87. The predicted molar refractivity (Wildman–Crippen MR) is 131 cm³/mol. The van der Waals surface area contributed by atoms with Crippen molar-refractivity contribution in [2.24, 2.45) is 11.3 Å². The van der Waals surface area contributed by atoms with Crippen molar-refractivity contribution >= 4 is 23.2 Å². The Bertz CT molecular complexity index is 998. The minimum absolute atomic E-state index is 0.0761. The molecule has 0 N–H and O–H groups in total. The van der Waals surface area contributed by atoms with Crippen LogP contribution in [-0.4, -0.2) is 84.4 Å². The van der Waals surface area contributed by atoms with Gasteiger partial charge in [-0.05, 0) is 46.1 Å². The van der Waals surface area contributed by atoms with Gasteiger partial charge in [0, 0.05) is 32.2 Å². The summed E-state index contributed by atoms with van der Waals surface area (Å²) < 4.78 is 23.8. The van der Waals surface area contributed by atoms with Gasteiger partial charge in [-0.3, -0.25) is 14.5 Å². The summed E-state index contributed by atoms with van der Waals surface area (Å²) in [5.74, 6) is -2.10. The van der Waals surface area contributed by atoms with E-state index >= 15 is 0 Å². The van der Waals surface area contributed by atoms with Crippen LogP contribution < -0.4 is 4.74 Å². The second-order valence-electron chi connectivity index (χ2n) is 10.7. The molecule has 0 bridgehead atoms. The van der Waals surface area contributed by atoms with Crippen LogP contribution in [0, 0.1) is 11.3 Å². The Balaban J connectivity index is 1.36. The van der Waals surface area contributed by atoms with Crippen LogP contribution in [-0.2, 0) is 19.0 Å². The second kappa shape index (κ2) is 10.3. The van der Waals surface area contributed by atoms with E-state index in [2.05, 4.69) is 14.9 Å². The zero-order valence-corrected chi connectivity index (χ0v) is 22.1. The van der Waals surface area contributed by atoms with E-state index in [0.717, 1.165) is 32.2 Å². The zero-order valence-electron chi connectivity index (χ0n) is 21.3. The normalized spacial score (nSPS) is 33.3. The molecule has 36 heavy (non-hydrogen) atoms. The van der Waals surface area contributed by atoms with Gasteiger partial charge in [0.05, 0.1) is 30.7 Å². The first-order valence-corrected chi connectivity index (χ1v) is 13.5. The molecule has 4 fully saturated rings. The minimum Gasteiger partial charge on any atom is -0.473 e. The van der Waals surface area contributed by atoms with Gasteiger partial charge in [-0.15, -0.1) is 0 Å². The largest absolute Gasteiger partial charge is 0.473 e. The number of hydrogen-bond acceptors (Lipinski definition) is 9. The Morgan fingerprint density at radius 3 is 2.64 bits per heavy atom. The van der Waals surface area contributed by atoms with Gasteiger partial charge in [0.15, 0.2) is 11.6 Å². The molecule has 198 valence electrons. The maximum Gasteiger partial charge on any atom is 0.218 e. The average Bonchev–Trinajstić information content (AvgIpc) is 3.49. The average molecular weight is 522 g/mol. The van der Waals surface area contributed by atoms with Crippen LogP contribution in [0.3, 0.4) is 0 Å². The summed E-state index contributed by atoms with van der Waals surface area (Å²) in [6.45, 7) is 3.75. The topological polar surface area (TPSA) is 100 Å². The van der Waals surface area contributed by atoms with Crippen molar-refractivity contribution in [1.29, 1.82) is 0 Å². The minimum atomic E-state index is -0.909. The summed E-state index contributed by atoms with van der Waals surface area (Å²) in [5, 5.41) is 0.111. The van der Waals surface area contributed by atoms with E-state index in [0.29, 0.717) is 38.9 Å². The number of likely N-dealkylation sites (N-methyl/N-ethyl adjacent to an activating group) is 1. The maximum absolute atomic E-state index is 14.0. The van der Waals surface area contributed by atoms with Crippen LogP contribution >= 0.6 is 11.6 Å². The van der Waals surface area contributed by atoms with E-state index in [9.17, 15) is 9.59 Å². The fourth-order valence-electron chi connectivity index (χ4n) is 6.86. The monoisotopic (exact) mass is 521 g/mol. The SMILES string of the molecule is CO[C@@H]1C[C@@H]([C@H](C)Oc2cc(Cl)nc(C(=O)C3CCC[C@@]4(CCCCC45OCCO5)C3=O)n2)N(C)C1. The van der Waals surface area contributed by atoms with Crippen molar-refractivity contribution in [3.05, 3.63) is 17.0 Å². The number of ether oxygens (including phenoxy) is 4. The molecule has 2 aliphatic heterocycles. The predicted octanol–water partition coefficient (Wildman–Crippen LogP) is 3.47. The summed E-state index contributed by atoms with van der Waals surface area (Å²) in [6.07, 6.45) is 5.89. The molecule has 1 unspecified atom stereocenters. The number of likely N-dealkylation sites (tertiary alicyclic amines) is 1. The van der Waals surface area contributed by atoms with Crippen LogP contribution in [0.1, 0.15) is 68.9 Å². The molecule has 5 atom stereocenters. The molecule has 2 spiro atoms. The van der Waals surface area contributed by atoms with Gasteiger partial charge in [0.1, 0.15) is 11.3 Å². The van der Waals surface area contributed by atoms with Crippen molar-refractivity contribution in [2.75, 3.05) is 33.9 Å². The summed E-state index contributed by atoms with van der Waals surface area (Å²) in [7, 11) is 3.75. The highest BCUT2D eigenvalue weighted by Gasteiger charge is 2.63. The number of ketones is 2. The zero-order chi connectivity index (χ0) is 25.5. The third-order valence-electron chi connectivity index (χ3n) is 8.68. The highest BCUT2D eigenvalue weighted by molar-refractivity contribution is 6.29. The summed E-state index contributed by atoms with van der Waals surface area (Å²) in [5.41, 5.74) is -0.794. The number of Topliss-reactive ketones (excluding diaryl/α,β-unsaturated/α-hetero) is 2. The highest BCUT2D eigenvalue weighted by Crippen LogP contribution is 2.56. The molecule has 2 saturated carbocycles. The number of methoxy groups -OCH3 is 1. The van der Waals surface area contributed by atoms with Crippen LogP contribution in [0.15, 0.2) is 6.07 Å². The maximum atomic E-state index is 14.0. The number of aromatic nitrogens is 2. The Labute approximate surface area is 217 Å². The van der Waals surface area contributed by atoms with E-state index in [4.69, 9.17) is 30.5 Å². The number of carbonyl (C=O) groups is 2. The summed E-state index contributed by atoms with van der Waals surface area (Å²) in [6, 6.07) is 1.65. The van der Waals surface area contributed by atoms with Gasteiger partial charge in [-0.25, -0.2) is 4.98 Å². The Kier molecular flexibility index (Phi) is 7.40. The fraction of sp³-hybridized carbons (Fsp3) is 0.769. The van der Waals surface area contributed by atoms with Gasteiger partial charge in [-0.2, -0.15) is 4.98 Å². The lowest BCUT2D eigenvalue weighted by atomic mass is 9.57. The molecule has 0 radical (unpaired) electrons. The molecular weight excluding hydrogens is 486 g/mol. The lowest BCUT2D eigenvalue weighted by Crippen LogP contribution is -2.60. The van der Waals surface area contributed by atoms with Crippen LogP contribution in [0.4, 0.5) is 0 Å². The van der Waals surface area contributed by atoms with E-state index in [-0.39, 0.29) is 40.9 Å². The van der Waals surface area contributed by atoms with Crippen LogP contribution in [0.5, 0.6) is 5.88 Å². The highest BCUT2D eigenvalue weighted by atomic mass is 35.5. The van der Waals surface area contributed by atoms with Crippen molar-refractivity contribution < 1.29 is 28.5 Å². The molecule has 1 aromatic rings. The third kappa shape index (κ3) is 4.47. The molecule has 0 aromatic carbocycles. The van der Waals surface area contributed by atoms with Gasteiger partial charge >= 0.3 is 0 Å². The van der Waals surface area contributed by atoms with Crippen LogP contribution in [0.25, 0.3) is 0 Å². The van der Waals surface area contributed by atoms with Crippen LogP contribution in [0.2, 0.25) is 5.15 Å². The molecule has 1 aromatic heterocycles. The lowest BCUT2D eigenvalue weighted by molar-refractivity contribution is -0.255. The first-order valence-electron chi connectivity index (χ1n) is 13.1. The quantitative estimate of drug-likeness (QED) is 0.316. The molecule has 10 heteroatoms. The Morgan fingerprint density at radius 2 is 1.92 bits per heavy atom. The lowest BCUT2D eigenvalue weighted by Gasteiger charge is -2.51. The molecule has 0 amide bonds. The van der Waals surface area contributed by atoms with Gasteiger partial charge < -0.3 is 18.9 Å². The number of fused-ring (bicyclic) bond motifs is 1. The first-order chi connectivity index (χ1) is 17.3. The molecule has 2 saturated heterocycles. The number of carbonyl (C=O) groups excluding carboxylic acids is 2. The van der Waals surface area contributed by atoms with E-state index in [1.807, 2.05) is 14.0 Å². The van der Waals surface area contributed by atoms with Crippen molar-refractivity contribution in [1.82, 2.24) is 14.9 Å². The second-order valence-corrected chi connectivity index (χ2v) is 11.1. The molecule has 9 nitrogen and oxygen atoms in total. The van der Waals surface area contributed by atoms with E-state index in [1.165, 1.54) is 6.07 Å². The number of halogens is 1. The Morgan fingerprint density at radius 1 is 1.19 bits per heavy atom. The van der Waals surface area contributed by atoms with Crippen molar-refractivity contribution in [3.8, 4) is 5.88 Å². The van der Waals surface area contributed by atoms with Gasteiger partial charge in [0.2, 0.25) is 17.5 Å². The van der Waals surface area contributed by atoms with Gasteiger partial charge in [-0.1, -0.05) is 24.4 Å². The van der Waals surface area contributed by atoms with Crippen molar-refractivity contribution in [2.45, 2.75) is 82.3 Å². The molecule has 5 rings (SSSR count). The molecule has 2 aliphatic carbocycles. The van der Waals surface area contributed by atoms with E-state index in [1.54, 1.807) is 7.11 Å². The molecule has 3 heterocycles. The number of hydrogen-bond donors (Lipinski definition) is 0. The van der Waals surface area contributed by atoms with Gasteiger partial charge in [0.25, 0.3) is 0 Å². The van der Waals surface area contributed by atoms with Crippen molar-refractivity contribution in [3.63, 3.8) is 0 Å². The first kappa shape index (κ1) is 26.0. The molecular formula is C26H36ClN3O6. The molecule has 4 aliphatic rings. The smallest absolute Gasteiger partial charge is 0.218 e. The number of nitrogens with zero attached hydrogens (tertiary/aromatic N) is 3. The van der Waals surface area contributed by atoms with E-state index < -0.39 is 22.9 Å². The fourth-order valence-corrected chi connectivity index (χ4v) is 7.03. The summed E-state index contributed by atoms with van der Waals surface area (Å²) in [4.78, 5) is 38.4. The number of rotatable bonds is 6. The standard InChI is InChI=1S/C26H36ClN3O6/c1-16(19-13-17(33-3)15-30(19)2)36-21-14-20(27)28-24(29-21)22(31)18-7-6-9-25(23(18)32)8-4-5-10-26(25)34-11-12-35-26/h14,16-19H,4-13,15H2,1-3H3/t16-,17+,18?,19-,25-/m0/s1. The summed E-state index contributed by atoms with van der Waals surface area (Å²) >= 11 is 6.29. The Hall–Kier alpha value is -1.65.